The predicted molar refractivity (Wildman–Crippen MR) is 140 cm³/mol. The summed E-state index contributed by atoms with van der Waals surface area (Å²) in [7, 11) is 0. The standard InChI is InChI=1S/C29H23ClN2O4/c1-20-6-8-21(9-7-20)19-35-26-16-12-22(13-17-26)28(33)32-31-18-24-4-2-3-5-27(24)36-29(34)23-10-14-25(30)15-11-23/h2-18H,19H2,1H3,(H,32,33). The molecule has 0 aliphatic rings. The van der Waals surface area contributed by atoms with E-state index in [-0.39, 0.29) is 5.91 Å². The smallest absolute Gasteiger partial charge is 0.343 e. The van der Waals surface area contributed by atoms with Gasteiger partial charge in [-0.25, -0.2) is 10.2 Å². The van der Waals surface area contributed by atoms with Gasteiger partial charge in [0.1, 0.15) is 18.1 Å². The summed E-state index contributed by atoms with van der Waals surface area (Å²) in [5, 5.41) is 4.54. The number of nitrogens with zero attached hydrogens (tertiary/aromatic N) is 1. The molecule has 1 N–H and O–H groups in total. The van der Waals surface area contributed by atoms with Crippen molar-refractivity contribution < 1.29 is 19.1 Å². The maximum atomic E-state index is 12.5. The number of benzene rings is 4. The number of aryl methyl sites for hydroxylation is 1. The number of nitrogens with one attached hydrogen (secondary N) is 1. The van der Waals surface area contributed by atoms with Gasteiger partial charge in [-0.3, -0.25) is 4.79 Å². The van der Waals surface area contributed by atoms with Gasteiger partial charge >= 0.3 is 5.97 Å². The number of halogens is 1. The molecule has 0 radical (unpaired) electrons. The Hall–Kier alpha value is -4.42. The van der Waals surface area contributed by atoms with Gasteiger partial charge < -0.3 is 9.47 Å². The lowest BCUT2D eigenvalue weighted by Gasteiger charge is -2.08. The second-order valence-corrected chi connectivity index (χ2v) is 8.37. The van der Waals surface area contributed by atoms with Gasteiger partial charge in [0, 0.05) is 16.1 Å². The van der Waals surface area contributed by atoms with Gasteiger partial charge in [-0.15, -0.1) is 0 Å². The number of carbonyl (C=O) groups is 2. The van der Waals surface area contributed by atoms with Crippen LogP contribution in [0.1, 0.15) is 37.4 Å². The Morgan fingerprint density at radius 3 is 2.25 bits per heavy atom. The van der Waals surface area contributed by atoms with Crippen LogP contribution in [0.25, 0.3) is 0 Å². The average Bonchev–Trinajstić information content (AvgIpc) is 2.90. The fraction of sp³-hybridized carbons (Fsp3) is 0.0690. The minimum absolute atomic E-state index is 0.311. The second-order valence-electron chi connectivity index (χ2n) is 7.93. The Morgan fingerprint density at radius 1 is 0.861 bits per heavy atom. The molecular weight excluding hydrogens is 476 g/mol. The molecule has 4 aromatic rings. The van der Waals surface area contributed by atoms with E-state index in [0.29, 0.717) is 39.8 Å². The first-order valence-electron chi connectivity index (χ1n) is 11.2. The van der Waals surface area contributed by atoms with Gasteiger partial charge in [-0.05, 0) is 73.2 Å². The number of carbonyl (C=O) groups excluding carboxylic acids is 2. The lowest BCUT2D eigenvalue weighted by atomic mass is 10.2. The molecule has 0 saturated heterocycles. The monoisotopic (exact) mass is 498 g/mol. The van der Waals surface area contributed by atoms with Crippen LogP contribution >= 0.6 is 11.6 Å². The van der Waals surface area contributed by atoms with Crippen molar-refractivity contribution in [3.63, 3.8) is 0 Å². The molecule has 1 amide bonds. The zero-order valence-electron chi connectivity index (χ0n) is 19.5. The summed E-state index contributed by atoms with van der Waals surface area (Å²) in [4.78, 5) is 24.9. The molecule has 0 bridgehead atoms. The first-order valence-corrected chi connectivity index (χ1v) is 11.5. The summed E-state index contributed by atoms with van der Waals surface area (Å²) in [5.41, 5.74) is 6.06. The predicted octanol–water partition coefficient (Wildman–Crippen LogP) is 6.21. The molecule has 0 atom stereocenters. The number of esters is 1. The highest BCUT2D eigenvalue weighted by molar-refractivity contribution is 6.30. The molecule has 0 fully saturated rings. The second kappa shape index (κ2) is 11.8. The maximum absolute atomic E-state index is 12.5. The van der Waals surface area contributed by atoms with E-state index in [0.717, 1.165) is 5.56 Å². The third-order valence-electron chi connectivity index (χ3n) is 5.21. The summed E-state index contributed by atoms with van der Waals surface area (Å²) in [6.07, 6.45) is 1.42. The van der Waals surface area contributed by atoms with Crippen LogP contribution in [-0.2, 0) is 6.61 Å². The number of rotatable bonds is 8. The van der Waals surface area contributed by atoms with E-state index in [1.165, 1.54) is 11.8 Å². The Labute approximate surface area is 214 Å². The van der Waals surface area contributed by atoms with Crippen LogP contribution in [0.5, 0.6) is 11.5 Å². The average molecular weight is 499 g/mol. The Bertz CT molecular complexity index is 1370. The number of para-hydroxylation sites is 1. The molecule has 4 aromatic carbocycles. The molecule has 0 aliphatic heterocycles. The first kappa shape index (κ1) is 24.7. The molecule has 36 heavy (non-hydrogen) atoms. The number of hydrogen-bond acceptors (Lipinski definition) is 5. The van der Waals surface area contributed by atoms with Crippen LogP contribution in [0.3, 0.4) is 0 Å². The molecule has 4 rings (SSSR count). The first-order chi connectivity index (χ1) is 17.5. The summed E-state index contributed by atoms with van der Waals surface area (Å²) < 4.78 is 11.3. The molecule has 0 aromatic heterocycles. The molecule has 0 unspecified atom stereocenters. The molecule has 0 spiro atoms. The van der Waals surface area contributed by atoms with Crippen LogP contribution in [0, 0.1) is 6.92 Å². The number of amides is 1. The van der Waals surface area contributed by atoms with Gasteiger partial charge in [0.25, 0.3) is 5.91 Å². The Morgan fingerprint density at radius 2 is 1.53 bits per heavy atom. The van der Waals surface area contributed by atoms with Gasteiger partial charge in [0.2, 0.25) is 0 Å². The molecule has 6 nitrogen and oxygen atoms in total. The van der Waals surface area contributed by atoms with E-state index >= 15 is 0 Å². The summed E-state index contributed by atoms with van der Waals surface area (Å²) in [6, 6.07) is 28.2. The third kappa shape index (κ3) is 6.81. The van der Waals surface area contributed by atoms with E-state index in [4.69, 9.17) is 21.1 Å². The molecule has 0 saturated carbocycles. The van der Waals surface area contributed by atoms with Crippen LogP contribution in [0.15, 0.2) is 102 Å². The molecule has 180 valence electrons. The van der Waals surface area contributed by atoms with Gasteiger partial charge in [-0.1, -0.05) is 53.6 Å². The van der Waals surface area contributed by atoms with Crippen molar-refractivity contribution in [2.75, 3.05) is 0 Å². The normalized spacial score (nSPS) is 10.7. The minimum Gasteiger partial charge on any atom is -0.489 e. The third-order valence-corrected chi connectivity index (χ3v) is 5.47. The summed E-state index contributed by atoms with van der Waals surface area (Å²) >= 11 is 5.87. The van der Waals surface area contributed by atoms with Gasteiger partial charge in [-0.2, -0.15) is 5.10 Å². The topological polar surface area (TPSA) is 77.0 Å². The quantitative estimate of drug-likeness (QED) is 0.135. The fourth-order valence-corrected chi connectivity index (χ4v) is 3.33. The van der Waals surface area contributed by atoms with Crippen LogP contribution in [-0.4, -0.2) is 18.1 Å². The molecule has 7 heteroatoms. The highest BCUT2D eigenvalue weighted by Crippen LogP contribution is 2.19. The summed E-state index contributed by atoms with van der Waals surface area (Å²) in [5.74, 6) is 0.0609. The van der Waals surface area contributed by atoms with Crippen molar-refractivity contribution in [1.82, 2.24) is 5.43 Å². The van der Waals surface area contributed by atoms with Crippen LogP contribution in [0.2, 0.25) is 5.02 Å². The number of hydrogen-bond donors (Lipinski definition) is 1. The van der Waals surface area contributed by atoms with Crippen molar-refractivity contribution in [2.24, 2.45) is 5.10 Å². The molecular formula is C29H23ClN2O4. The van der Waals surface area contributed by atoms with Gasteiger partial charge in [0.15, 0.2) is 0 Å². The van der Waals surface area contributed by atoms with Crippen molar-refractivity contribution in [3.05, 3.63) is 130 Å². The van der Waals surface area contributed by atoms with Crippen molar-refractivity contribution >= 4 is 29.7 Å². The largest absolute Gasteiger partial charge is 0.489 e. The van der Waals surface area contributed by atoms with Crippen LogP contribution < -0.4 is 14.9 Å². The highest BCUT2D eigenvalue weighted by Gasteiger charge is 2.11. The lowest BCUT2D eigenvalue weighted by Crippen LogP contribution is -2.17. The van der Waals surface area contributed by atoms with E-state index in [1.54, 1.807) is 72.8 Å². The van der Waals surface area contributed by atoms with E-state index in [9.17, 15) is 9.59 Å². The minimum atomic E-state index is -0.527. The van der Waals surface area contributed by atoms with Crippen LogP contribution in [0.4, 0.5) is 0 Å². The number of ether oxygens (including phenoxy) is 2. The maximum Gasteiger partial charge on any atom is 0.343 e. The molecule has 0 heterocycles. The SMILES string of the molecule is Cc1ccc(COc2ccc(C(=O)NN=Cc3ccccc3OC(=O)c3ccc(Cl)cc3)cc2)cc1. The van der Waals surface area contributed by atoms with Crippen molar-refractivity contribution in [3.8, 4) is 11.5 Å². The highest BCUT2D eigenvalue weighted by atomic mass is 35.5. The van der Waals surface area contributed by atoms with Crippen molar-refractivity contribution in [2.45, 2.75) is 13.5 Å². The van der Waals surface area contributed by atoms with E-state index in [2.05, 4.69) is 10.5 Å². The van der Waals surface area contributed by atoms with Gasteiger partial charge in [0.05, 0.1) is 11.8 Å². The Kier molecular flexibility index (Phi) is 8.11. The van der Waals surface area contributed by atoms with E-state index in [1.807, 2.05) is 31.2 Å². The fourth-order valence-electron chi connectivity index (χ4n) is 3.20. The lowest BCUT2D eigenvalue weighted by molar-refractivity contribution is 0.0734. The summed E-state index contributed by atoms with van der Waals surface area (Å²) in [6.45, 7) is 2.48. The zero-order chi connectivity index (χ0) is 25.3. The van der Waals surface area contributed by atoms with E-state index < -0.39 is 5.97 Å². The number of hydrazone groups is 1. The molecule has 0 aliphatic carbocycles. The zero-order valence-corrected chi connectivity index (χ0v) is 20.2. The van der Waals surface area contributed by atoms with Crippen molar-refractivity contribution in [1.29, 1.82) is 0 Å². The Balaban J connectivity index is 1.33.